The number of fused-ring (bicyclic) bond motifs is 1. The fraction of sp³-hybridized carbons (Fsp3) is 0.409. The minimum absolute atomic E-state index is 0.0927. The van der Waals surface area contributed by atoms with E-state index in [4.69, 9.17) is 0 Å². The van der Waals surface area contributed by atoms with Crippen LogP contribution in [-0.4, -0.2) is 38.0 Å². The normalized spacial score (nSPS) is 24.3. The molecule has 3 aliphatic rings. The van der Waals surface area contributed by atoms with Crippen molar-refractivity contribution in [2.75, 3.05) is 0 Å². The Balaban J connectivity index is 1.50. The van der Waals surface area contributed by atoms with E-state index >= 15 is 0 Å². The zero-order valence-corrected chi connectivity index (χ0v) is 17.1. The van der Waals surface area contributed by atoms with Crippen LogP contribution in [0.2, 0.25) is 0 Å². The SMILES string of the molecule is CC(NC(=O)c1cn2c(c(O)c1=O)C(=O)N1C3CCC1(CC3)C2)c1c(F)cc(F)cc1F. The van der Waals surface area contributed by atoms with E-state index in [9.17, 15) is 32.7 Å². The van der Waals surface area contributed by atoms with E-state index in [-0.39, 0.29) is 11.7 Å². The molecular weight excluding hydrogens is 427 g/mol. The van der Waals surface area contributed by atoms with E-state index in [1.165, 1.54) is 17.7 Å². The fourth-order valence-corrected chi connectivity index (χ4v) is 5.55. The largest absolute Gasteiger partial charge is 0.503 e. The average Bonchev–Trinajstić information content (AvgIpc) is 3.25. The highest BCUT2D eigenvalue weighted by Crippen LogP contribution is 2.50. The van der Waals surface area contributed by atoms with Crippen LogP contribution in [0.3, 0.4) is 0 Å². The quantitative estimate of drug-likeness (QED) is 0.757. The Morgan fingerprint density at radius 2 is 1.81 bits per heavy atom. The first-order valence-corrected chi connectivity index (χ1v) is 10.4. The van der Waals surface area contributed by atoms with Gasteiger partial charge in [0.15, 0.2) is 11.4 Å². The van der Waals surface area contributed by atoms with Crippen LogP contribution < -0.4 is 10.7 Å². The van der Waals surface area contributed by atoms with Crippen molar-refractivity contribution < 1.29 is 27.9 Å². The number of amides is 2. The number of aromatic hydroxyl groups is 1. The predicted octanol–water partition coefficient (Wildman–Crippen LogP) is 2.61. The van der Waals surface area contributed by atoms with Gasteiger partial charge in [-0.2, -0.15) is 0 Å². The maximum Gasteiger partial charge on any atom is 0.275 e. The maximum absolute atomic E-state index is 14.1. The van der Waals surface area contributed by atoms with Gasteiger partial charge in [-0.3, -0.25) is 14.4 Å². The number of carbonyl (C=O) groups excluding carboxylic acids is 2. The van der Waals surface area contributed by atoms with Crippen molar-refractivity contribution in [1.29, 1.82) is 0 Å². The Morgan fingerprint density at radius 3 is 2.44 bits per heavy atom. The molecule has 32 heavy (non-hydrogen) atoms. The van der Waals surface area contributed by atoms with Crippen LogP contribution in [0.4, 0.5) is 13.2 Å². The van der Waals surface area contributed by atoms with Crippen LogP contribution in [0.25, 0.3) is 0 Å². The molecule has 0 aliphatic carbocycles. The summed E-state index contributed by atoms with van der Waals surface area (Å²) >= 11 is 0. The van der Waals surface area contributed by atoms with Crippen molar-refractivity contribution in [3.05, 3.63) is 62.8 Å². The molecule has 2 amide bonds. The molecule has 1 aromatic carbocycles. The zero-order valence-electron chi connectivity index (χ0n) is 17.1. The van der Waals surface area contributed by atoms with Crippen molar-refractivity contribution >= 4 is 11.8 Å². The highest BCUT2D eigenvalue weighted by molar-refractivity contribution is 6.00. The fourth-order valence-electron chi connectivity index (χ4n) is 5.55. The monoisotopic (exact) mass is 447 g/mol. The van der Waals surface area contributed by atoms with Gasteiger partial charge in [-0.05, 0) is 32.6 Å². The van der Waals surface area contributed by atoms with Gasteiger partial charge in [0.05, 0.1) is 11.6 Å². The molecule has 1 atom stereocenters. The van der Waals surface area contributed by atoms with E-state index in [1.807, 2.05) is 0 Å². The molecule has 1 unspecified atom stereocenters. The van der Waals surface area contributed by atoms with Gasteiger partial charge in [-0.1, -0.05) is 0 Å². The summed E-state index contributed by atoms with van der Waals surface area (Å²) in [6.45, 7) is 1.63. The molecule has 0 saturated carbocycles. The van der Waals surface area contributed by atoms with Gasteiger partial charge in [0.25, 0.3) is 11.8 Å². The van der Waals surface area contributed by atoms with Crippen LogP contribution in [0.1, 0.15) is 65.1 Å². The highest BCUT2D eigenvalue weighted by Gasteiger charge is 2.57. The van der Waals surface area contributed by atoms with Gasteiger partial charge in [-0.15, -0.1) is 0 Å². The summed E-state index contributed by atoms with van der Waals surface area (Å²) < 4.78 is 42.7. The third-order valence-electron chi connectivity index (χ3n) is 6.97. The molecule has 2 bridgehead atoms. The van der Waals surface area contributed by atoms with Crippen molar-refractivity contribution in [3.63, 3.8) is 0 Å². The first kappa shape index (κ1) is 20.6. The molecule has 2 N–H and O–H groups in total. The number of nitrogens with zero attached hydrogens (tertiary/aromatic N) is 2. The molecule has 7 nitrogen and oxygen atoms in total. The minimum Gasteiger partial charge on any atom is -0.503 e. The zero-order chi connectivity index (χ0) is 22.9. The predicted molar refractivity (Wildman–Crippen MR) is 106 cm³/mol. The molecule has 0 radical (unpaired) electrons. The Morgan fingerprint density at radius 1 is 1.19 bits per heavy atom. The Labute approximate surface area is 180 Å². The number of carbonyl (C=O) groups is 2. The van der Waals surface area contributed by atoms with E-state index in [0.29, 0.717) is 18.7 Å². The van der Waals surface area contributed by atoms with Crippen molar-refractivity contribution in [1.82, 2.24) is 14.8 Å². The third kappa shape index (κ3) is 2.78. The Bertz CT molecular complexity index is 1210. The molecule has 1 aromatic heterocycles. The summed E-state index contributed by atoms with van der Waals surface area (Å²) in [4.78, 5) is 40.3. The number of pyridine rings is 1. The van der Waals surface area contributed by atoms with E-state index in [1.54, 1.807) is 4.90 Å². The van der Waals surface area contributed by atoms with E-state index < -0.39 is 63.2 Å². The van der Waals surface area contributed by atoms with Gasteiger partial charge in [0, 0.05) is 36.5 Å². The van der Waals surface area contributed by atoms with E-state index in [2.05, 4.69) is 5.32 Å². The van der Waals surface area contributed by atoms with Gasteiger partial charge in [-0.25, -0.2) is 13.2 Å². The molecule has 2 saturated heterocycles. The maximum atomic E-state index is 14.1. The molecule has 4 heterocycles. The first-order chi connectivity index (χ1) is 15.1. The van der Waals surface area contributed by atoms with Crippen LogP contribution >= 0.6 is 0 Å². The average molecular weight is 447 g/mol. The smallest absolute Gasteiger partial charge is 0.275 e. The molecule has 5 rings (SSSR count). The second-order valence-corrected chi connectivity index (χ2v) is 8.81. The first-order valence-electron chi connectivity index (χ1n) is 10.4. The van der Waals surface area contributed by atoms with Gasteiger partial charge in [0.2, 0.25) is 5.43 Å². The second-order valence-electron chi connectivity index (χ2n) is 8.81. The van der Waals surface area contributed by atoms with Crippen LogP contribution in [-0.2, 0) is 6.54 Å². The number of hydrogen-bond acceptors (Lipinski definition) is 4. The summed E-state index contributed by atoms with van der Waals surface area (Å²) in [7, 11) is 0. The lowest BCUT2D eigenvalue weighted by molar-refractivity contribution is 0.0490. The summed E-state index contributed by atoms with van der Waals surface area (Å²) in [5.74, 6) is -5.68. The number of halogens is 3. The summed E-state index contributed by atoms with van der Waals surface area (Å²) in [5, 5.41) is 12.8. The lowest BCUT2D eigenvalue weighted by Gasteiger charge is -2.41. The standard InChI is InChI=1S/C22H20F3N3O4/c1-10(16-14(24)6-11(23)7-15(16)25)26-20(31)13-8-27-9-22-4-2-12(3-5-22)28(22)21(32)17(27)19(30)18(13)29/h6-8,10,12,30H,2-5,9H2,1H3,(H,26,31). The van der Waals surface area contributed by atoms with Crippen molar-refractivity contribution in [3.8, 4) is 5.75 Å². The number of aromatic nitrogens is 1. The number of rotatable bonds is 3. The summed E-state index contributed by atoms with van der Waals surface area (Å²) in [6.07, 6.45) is 4.52. The van der Waals surface area contributed by atoms with Gasteiger partial charge in [0.1, 0.15) is 23.0 Å². The summed E-state index contributed by atoms with van der Waals surface area (Å²) in [6, 6.07) is -0.149. The van der Waals surface area contributed by atoms with Crippen LogP contribution in [0, 0.1) is 17.5 Å². The second kappa shape index (κ2) is 6.85. The Kier molecular flexibility index (Phi) is 4.41. The summed E-state index contributed by atoms with van der Waals surface area (Å²) in [5.41, 5.74) is -2.60. The molecule has 0 spiro atoms. The van der Waals surface area contributed by atoms with Gasteiger partial charge >= 0.3 is 0 Å². The van der Waals surface area contributed by atoms with Crippen LogP contribution in [0.15, 0.2) is 23.1 Å². The molecule has 2 aromatic rings. The highest BCUT2D eigenvalue weighted by atomic mass is 19.1. The molecule has 168 valence electrons. The van der Waals surface area contributed by atoms with Crippen molar-refractivity contribution in [2.45, 2.75) is 56.8 Å². The molecular formula is C22H20F3N3O4. The van der Waals surface area contributed by atoms with Gasteiger partial charge < -0.3 is 19.9 Å². The topological polar surface area (TPSA) is 91.6 Å². The third-order valence-corrected chi connectivity index (χ3v) is 6.97. The van der Waals surface area contributed by atoms with Crippen molar-refractivity contribution in [2.24, 2.45) is 0 Å². The minimum atomic E-state index is -1.23. The molecule has 2 fully saturated rings. The molecule has 10 heteroatoms. The number of hydrogen-bond donors (Lipinski definition) is 2. The lowest BCUT2D eigenvalue weighted by atomic mass is 9.86. The Hall–Kier alpha value is -3.30. The molecule has 3 aliphatic heterocycles. The van der Waals surface area contributed by atoms with Crippen LogP contribution in [0.5, 0.6) is 5.75 Å². The lowest BCUT2D eigenvalue weighted by Crippen LogP contribution is -2.53. The van der Waals surface area contributed by atoms with E-state index in [0.717, 1.165) is 25.7 Å². The number of nitrogens with one attached hydrogen (secondary N) is 1. The number of benzene rings is 1.